The van der Waals surface area contributed by atoms with Crippen molar-refractivity contribution in [1.29, 1.82) is 0 Å². The number of rotatable bonds is 15. The van der Waals surface area contributed by atoms with Gasteiger partial charge in [-0.3, -0.25) is 9.59 Å². The number of imidazole rings is 2. The second-order valence-electron chi connectivity index (χ2n) is 17.8. The zero-order valence-electron chi connectivity index (χ0n) is 36.5. The van der Waals surface area contributed by atoms with Crippen LogP contribution in [0.1, 0.15) is 153 Å². The normalized spacial score (nSPS) is 24.8. The van der Waals surface area contributed by atoms with Crippen LogP contribution in [-0.4, -0.2) is 93.1 Å². The first-order valence-electron chi connectivity index (χ1n) is 22.5. The van der Waals surface area contributed by atoms with Crippen LogP contribution in [0.5, 0.6) is 0 Å². The fourth-order valence-corrected chi connectivity index (χ4v) is 11.1. The predicted molar refractivity (Wildman–Crippen MR) is 228 cm³/mol. The highest BCUT2D eigenvalue weighted by molar-refractivity contribution is 5.87. The average Bonchev–Trinajstić information content (AvgIpc) is 4.14. The van der Waals surface area contributed by atoms with E-state index in [0.717, 1.165) is 113 Å². The van der Waals surface area contributed by atoms with Gasteiger partial charge < -0.3 is 39.9 Å². The van der Waals surface area contributed by atoms with E-state index in [0.29, 0.717) is 13.1 Å². The van der Waals surface area contributed by atoms with Crippen LogP contribution in [0.4, 0.5) is 9.59 Å². The number of aromatic amines is 2. The fourth-order valence-electron chi connectivity index (χ4n) is 11.1. The van der Waals surface area contributed by atoms with Crippen molar-refractivity contribution in [2.75, 3.05) is 27.3 Å². The summed E-state index contributed by atoms with van der Waals surface area (Å²) in [5.41, 5.74) is 4.75. The Labute approximate surface area is 354 Å². The van der Waals surface area contributed by atoms with E-state index in [-0.39, 0.29) is 46.6 Å². The summed E-state index contributed by atoms with van der Waals surface area (Å²) >= 11 is 0. The van der Waals surface area contributed by atoms with Crippen LogP contribution < -0.4 is 10.6 Å². The fraction of sp³-hybridized carbons (Fsp3) is 0.652. The zero-order valence-corrected chi connectivity index (χ0v) is 36.5. The molecule has 2 aromatic heterocycles. The molecule has 14 heteroatoms. The molecule has 0 unspecified atom stereocenters. The first kappa shape index (κ1) is 43.2. The lowest BCUT2D eigenvalue weighted by Crippen LogP contribution is -2.52. The highest BCUT2D eigenvalue weighted by atomic mass is 16.5. The minimum Gasteiger partial charge on any atom is -0.453 e. The molecule has 326 valence electrons. The molecule has 2 aliphatic heterocycles. The maximum atomic E-state index is 14.0. The van der Waals surface area contributed by atoms with Crippen molar-refractivity contribution >= 4 is 24.0 Å². The minimum absolute atomic E-state index is 0.00940. The van der Waals surface area contributed by atoms with Crippen molar-refractivity contribution in [3.63, 3.8) is 0 Å². The van der Waals surface area contributed by atoms with Crippen LogP contribution in [0.3, 0.4) is 0 Å². The van der Waals surface area contributed by atoms with Gasteiger partial charge in [0, 0.05) is 30.4 Å². The third-order valence-corrected chi connectivity index (χ3v) is 15.0. The predicted octanol–water partition coefficient (Wildman–Crippen LogP) is 7.99. The van der Waals surface area contributed by atoms with E-state index < -0.39 is 24.3 Å². The first-order valence-corrected chi connectivity index (χ1v) is 22.5. The van der Waals surface area contributed by atoms with Crippen LogP contribution in [0.2, 0.25) is 0 Å². The smallest absolute Gasteiger partial charge is 0.407 e. The molecule has 4 atom stereocenters. The first-order chi connectivity index (χ1) is 29.0. The number of nitrogens with zero attached hydrogens (tertiary/aromatic N) is 4. The molecule has 3 saturated carbocycles. The number of amides is 4. The van der Waals surface area contributed by atoms with Crippen LogP contribution in [0.25, 0.3) is 11.3 Å². The molecule has 2 bridgehead atoms. The summed E-state index contributed by atoms with van der Waals surface area (Å²) in [6.45, 7) is 9.46. The molecule has 0 radical (unpaired) electrons. The number of fused-ring (bicyclic) bond motifs is 3. The second-order valence-corrected chi connectivity index (χ2v) is 17.8. The van der Waals surface area contributed by atoms with Gasteiger partial charge in [0.25, 0.3) is 0 Å². The molecule has 4 N–H and O–H groups in total. The lowest BCUT2D eigenvalue weighted by molar-refractivity contribution is -0.136. The number of carbonyl (C=O) groups is 4. The van der Waals surface area contributed by atoms with Crippen molar-refractivity contribution in [2.45, 2.75) is 153 Å². The number of alkyl carbamates (subject to hydrolysis) is 2. The van der Waals surface area contributed by atoms with Crippen LogP contribution in [0.15, 0.2) is 36.7 Å². The Morgan fingerprint density at radius 3 is 1.60 bits per heavy atom. The quantitative estimate of drug-likeness (QED) is 0.119. The van der Waals surface area contributed by atoms with E-state index in [2.05, 4.69) is 58.7 Å². The molecular formula is C46H66N8O6. The summed E-state index contributed by atoms with van der Waals surface area (Å²) in [6, 6.07) is 7.38. The van der Waals surface area contributed by atoms with Gasteiger partial charge in [0.1, 0.15) is 23.7 Å². The largest absolute Gasteiger partial charge is 0.453 e. The Kier molecular flexibility index (Phi) is 13.2. The molecule has 14 nitrogen and oxygen atoms in total. The number of benzene rings is 1. The van der Waals surface area contributed by atoms with Gasteiger partial charge in [0.2, 0.25) is 11.8 Å². The monoisotopic (exact) mass is 827 g/mol. The van der Waals surface area contributed by atoms with E-state index in [1.165, 1.54) is 25.5 Å². The van der Waals surface area contributed by atoms with Crippen LogP contribution in [0, 0.1) is 11.8 Å². The lowest BCUT2D eigenvalue weighted by Gasteiger charge is -2.53. The zero-order chi connectivity index (χ0) is 42.6. The highest BCUT2D eigenvalue weighted by Crippen LogP contribution is 2.58. The summed E-state index contributed by atoms with van der Waals surface area (Å²) in [4.78, 5) is 73.2. The lowest BCUT2D eigenvalue weighted by atomic mass is 9.51. The van der Waals surface area contributed by atoms with Gasteiger partial charge in [-0.1, -0.05) is 77.6 Å². The van der Waals surface area contributed by atoms with Gasteiger partial charge in [-0.15, -0.1) is 0 Å². The van der Waals surface area contributed by atoms with Crippen LogP contribution in [-0.2, 0) is 29.9 Å². The molecule has 5 fully saturated rings. The molecule has 60 heavy (non-hydrogen) atoms. The molecule has 2 saturated heterocycles. The second kappa shape index (κ2) is 18.4. The average molecular weight is 827 g/mol. The van der Waals surface area contributed by atoms with E-state index in [1.807, 2.05) is 36.0 Å². The Morgan fingerprint density at radius 1 is 0.683 bits per heavy atom. The van der Waals surface area contributed by atoms with Crippen molar-refractivity contribution in [2.24, 2.45) is 11.8 Å². The van der Waals surface area contributed by atoms with Crippen molar-refractivity contribution in [1.82, 2.24) is 40.4 Å². The molecular weight excluding hydrogens is 761 g/mol. The van der Waals surface area contributed by atoms with Crippen molar-refractivity contribution < 1.29 is 28.7 Å². The Hall–Kier alpha value is -4.88. The number of likely N-dealkylation sites (tertiary alicyclic amines) is 2. The van der Waals surface area contributed by atoms with E-state index >= 15 is 0 Å². The number of hydrogen-bond acceptors (Lipinski definition) is 8. The molecule has 3 aliphatic carbocycles. The Balaban J connectivity index is 0.999. The minimum atomic E-state index is -0.646. The highest BCUT2D eigenvalue weighted by Gasteiger charge is 2.51. The Morgan fingerprint density at radius 2 is 1.13 bits per heavy atom. The number of hydrogen-bond donors (Lipinski definition) is 4. The van der Waals surface area contributed by atoms with Crippen molar-refractivity contribution in [3.8, 4) is 11.3 Å². The van der Waals surface area contributed by atoms with Gasteiger partial charge in [0.15, 0.2) is 0 Å². The van der Waals surface area contributed by atoms with E-state index in [9.17, 15) is 19.2 Å². The summed E-state index contributed by atoms with van der Waals surface area (Å²) in [6.07, 6.45) is 15.8. The number of carbonyl (C=O) groups excluding carboxylic acids is 4. The Bertz CT molecular complexity index is 1940. The van der Waals surface area contributed by atoms with E-state index in [1.54, 1.807) is 0 Å². The molecule has 5 aliphatic rings. The van der Waals surface area contributed by atoms with Gasteiger partial charge in [-0.2, -0.15) is 0 Å². The number of aromatic nitrogens is 4. The number of ether oxygens (including phenoxy) is 2. The SMILES string of the molecule is CCC(CC)[C@H](NC(=O)OC)C(=O)N1CCC[C@H]1c1ncc(-c2ccc(C34CCC(c5cnc([C@@H]6CCCN6C(=O)[C@@H](NC(=O)OC)C(CC)CC)[nH]5)(CC3)CC4)cc2)[nH]1. The third-order valence-electron chi connectivity index (χ3n) is 15.0. The summed E-state index contributed by atoms with van der Waals surface area (Å²) in [5.74, 6) is 1.50. The third kappa shape index (κ3) is 8.27. The maximum Gasteiger partial charge on any atom is 0.407 e. The molecule has 3 aromatic rings. The summed E-state index contributed by atoms with van der Waals surface area (Å²) < 4.78 is 9.76. The van der Waals surface area contributed by atoms with Gasteiger partial charge >= 0.3 is 12.2 Å². The summed E-state index contributed by atoms with van der Waals surface area (Å²) in [7, 11) is 2.65. The van der Waals surface area contributed by atoms with Crippen LogP contribution >= 0.6 is 0 Å². The van der Waals surface area contributed by atoms with Crippen molar-refractivity contribution in [3.05, 3.63) is 59.6 Å². The maximum absolute atomic E-state index is 14.0. The summed E-state index contributed by atoms with van der Waals surface area (Å²) in [5, 5.41) is 5.66. The standard InChI is InChI=1S/C46H66N8O6/c1-7-29(8-2)37(51-43(57)59-5)41(55)53-25-11-13-34(53)39-47-27-33(49-39)31-15-17-32(18-16-31)45-19-22-46(23-20-45,24-21-45)36-28-48-40(50-36)35-14-12-26-54(35)42(56)38(30(9-3)10-4)52-44(58)60-6/h15-18,27-30,34-35,37-38H,7-14,19-26H2,1-6H3,(H,47,49)(H,48,50)(H,51,57)(H,52,58)/t34-,35-,37-,38-,45?,46?/m0/s1. The molecule has 8 rings (SSSR count). The van der Waals surface area contributed by atoms with Gasteiger partial charge in [-0.25, -0.2) is 19.6 Å². The number of nitrogens with one attached hydrogen (secondary N) is 4. The van der Waals surface area contributed by atoms with Gasteiger partial charge in [0.05, 0.1) is 38.2 Å². The number of methoxy groups -OCH3 is 2. The molecule has 0 spiro atoms. The van der Waals surface area contributed by atoms with E-state index in [4.69, 9.17) is 19.4 Å². The molecule has 4 amide bonds. The molecule has 1 aromatic carbocycles. The van der Waals surface area contributed by atoms with Gasteiger partial charge in [-0.05, 0) is 92.6 Å². The molecule has 4 heterocycles. The number of H-pyrrole nitrogens is 2. The topological polar surface area (TPSA) is 175 Å².